The van der Waals surface area contributed by atoms with Crippen LogP contribution in [0.5, 0.6) is 17.2 Å². The summed E-state index contributed by atoms with van der Waals surface area (Å²) in [6.07, 6.45) is -1.89. The van der Waals surface area contributed by atoms with Crippen molar-refractivity contribution >= 4 is 26.9 Å². The third-order valence-electron chi connectivity index (χ3n) is 7.10. The number of anilines is 1. The SMILES string of the molecule is CCN(c1ccc(OCC(O)CO)cc1)S(=O)(=O)[C@H]1C[C@H]2O[C@@H]1C(c1ccc(O)cc1)=C2c1ccc(O)cc1. The van der Waals surface area contributed by atoms with Crippen molar-refractivity contribution in [1.29, 1.82) is 0 Å². The van der Waals surface area contributed by atoms with Gasteiger partial charge >= 0.3 is 0 Å². The van der Waals surface area contributed by atoms with Gasteiger partial charge in [0.05, 0.1) is 18.4 Å². The molecule has 4 atom stereocenters. The number of aromatic hydroxyl groups is 2. The predicted octanol–water partition coefficient (Wildman–Crippen LogP) is 3.14. The monoisotopic (exact) mass is 553 g/mol. The van der Waals surface area contributed by atoms with Crippen molar-refractivity contribution in [2.24, 2.45) is 0 Å². The summed E-state index contributed by atoms with van der Waals surface area (Å²) < 4.78 is 41.3. The Hall–Kier alpha value is -3.57. The highest BCUT2D eigenvalue weighted by molar-refractivity contribution is 7.93. The van der Waals surface area contributed by atoms with Gasteiger partial charge in [0.15, 0.2) is 0 Å². The summed E-state index contributed by atoms with van der Waals surface area (Å²) in [7, 11) is -3.87. The average molecular weight is 554 g/mol. The van der Waals surface area contributed by atoms with Crippen molar-refractivity contribution in [2.45, 2.75) is 36.9 Å². The number of aliphatic hydroxyl groups excluding tert-OH is 2. The summed E-state index contributed by atoms with van der Waals surface area (Å²) in [5.74, 6) is 0.683. The van der Waals surface area contributed by atoms with Crippen molar-refractivity contribution in [2.75, 3.05) is 24.1 Å². The minimum Gasteiger partial charge on any atom is -0.508 e. The number of phenolic OH excluding ortho intramolecular Hbond substituents is 2. The molecule has 2 aliphatic heterocycles. The Bertz CT molecular complexity index is 1440. The standard InChI is InChI=1S/C29H31NO8S/c1-2-30(20-7-13-24(14-8-20)37-17-23(34)16-31)39(35,36)26-15-25-27(18-3-9-21(32)10-4-18)28(29(26)38-25)19-5-11-22(33)12-6-19/h3-14,23,25-26,29,31-34H,2,15-17H2,1H3/t23?,25-,26+,29+/m1/s1. The van der Waals surface area contributed by atoms with Crippen molar-refractivity contribution in [3.63, 3.8) is 0 Å². The second kappa shape index (κ2) is 10.9. The van der Waals surface area contributed by atoms with Crippen LogP contribution in [0.4, 0.5) is 5.69 Å². The van der Waals surface area contributed by atoms with Crippen LogP contribution >= 0.6 is 0 Å². The molecule has 206 valence electrons. The Morgan fingerprint density at radius 2 is 1.49 bits per heavy atom. The molecular weight excluding hydrogens is 522 g/mol. The molecule has 0 saturated carbocycles. The van der Waals surface area contributed by atoms with Gasteiger partial charge in [-0.05, 0) is 84.1 Å². The second-order valence-electron chi connectivity index (χ2n) is 9.59. The number of rotatable bonds is 10. The molecule has 2 bridgehead atoms. The average Bonchev–Trinajstić information content (AvgIpc) is 3.53. The molecule has 1 saturated heterocycles. The maximum absolute atomic E-state index is 14.1. The molecule has 3 aromatic carbocycles. The number of hydrogen-bond acceptors (Lipinski definition) is 8. The molecule has 2 heterocycles. The van der Waals surface area contributed by atoms with Gasteiger partial charge in [-0.25, -0.2) is 8.42 Å². The molecule has 9 nitrogen and oxygen atoms in total. The highest BCUT2D eigenvalue weighted by atomic mass is 32.2. The fourth-order valence-electron chi connectivity index (χ4n) is 5.27. The maximum Gasteiger partial charge on any atom is 0.241 e. The summed E-state index contributed by atoms with van der Waals surface area (Å²) in [5, 5.41) is 37.2. The lowest BCUT2D eigenvalue weighted by Crippen LogP contribution is -2.43. The molecule has 5 rings (SSSR count). The third-order valence-corrected chi connectivity index (χ3v) is 9.39. The first-order valence-corrected chi connectivity index (χ1v) is 14.2. The molecule has 39 heavy (non-hydrogen) atoms. The molecule has 0 aliphatic carbocycles. The van der Waals surface area contributed by atoms with E-state index in [2.05, 4.69) is 0 Å². The summed E-state index contributed by atoms with van der Waals surface area (Å²) in [6, 6.07) is 19.9. The van der Waals surface area contributed by atoms with Crippen LogP contribution < -0.4 is 9.04 Å². The van der Waals surface area contributed by atoms with E-state index in [1.54, 1.807) is 79.7 Å². The van der Waals surface area contributed by atoms with Crippen LogP contribution in [0.25, 0.3) is 11.1 Å². The summed E-state index contributed by atoms with van der Waals surface area (Å²) in [5.41, 5.74) is 3.72. The Labute approximate surface area is 227 Å². The fraction of sp³-hybridized carbons (Fsp3) is 0.310. The van der Waals surface area contributed by atoms with Crippen molar-refractivity contribution in [1.82, 2.24) is 0 Å². The van der Waals surface area contributed by atoms with Gasteiger partial charge in [-0.1, -0.05) is 24.3 Å². The molecule has 0 amide bonds. The van der Waals surface area contributed by atoms with Crippen LogP contribution in [0.15, 0.2) is 72.8 Å². The molecule has 10 heteroatoms. The van der Waals surface area contributed by atoms with E-state index in [0.29, 0.717) is 11.4 Å². The first-order valence-electron chi connectivity index (χ1n) is 12.7. The van der Waals surface area contributed by atoms with E-state index in [0.717, 1.165) is 22.3 Å². The Morgan fingerprint density at radius 3 is 2.03 bits per heavy atom. The van der Waals surface area contributed by atoms with Crippen LogP contribution in [0.1, 0.15) is 24.5 Å². The van der Waals surface area contributed by atoms with E-state index in [-0.39, 0.29) is 31.1 Å². The van der Waals surface area contributed by atoms with E-state index in [9.17, 15) is 23.7 Å². The van der Waals surface area contributed by atoms with Crippen molar-refractivity contribution in [3.05, 3.63) is 83.9 Å². The van der Waals surface area contributed by atoms with Gasteiger partial charge in [0.25, 0.3) is 0 Å². The van der Waals surface area contributed by atoms with Gasteiger partial charge in [0.1, 0.15) is 41.3 Å². The largest absolute Gasteiger partial charge is 0.508 e. The first kappa shape index (κ1) is 27.0. The third kappa shape index (κ3) is 5.20. The number of benzene rings is 3. The first-order chi connectivity index (χ1) is 18.7. The van der Waals surface area contributed by atoms with Gasteiger partial charge in [0, 0.05) is 6.54 Å². The van der Waals surface area contributed by atoms with E-state index >= 15 is 0 Å². The van der Waals surface area contributed by atoms with Crippen LogP contribution in [0, 0.1) is 0 Å². The Kier molecular flexibility index (Phi) is 7.55. The number of nitrogens with zero attached hydrogens (tertiary/aromatic N) is 1. The lowest BCUT2D eigenvalue weighted by atomic mass is 9.83. The summed E-state index contributed by atoms with van der Waals surface area (Å²) in [4.78, 5) is 0. The minimum atomic E-state index is -3.87. The molecule has 3 aromatic rings. The summed E-state index contributed by atoms with van der Waals surface area (Å²) in [6.45, 7) is 1.49. The lowest BCUT2D eigenvalue weighted by molar-refractivity contribution is 0.0536. The predicted molar refractivity (Wildman–Crippen MR) is 147 cm³/mol. The minimum absolute atomic E-state index is 0.0795. The highest BCUT2D eigenvalue weighted by Crippen LogP contribution is 2.51. The summed E-state index contributed by atoms with van der Waals surface area (Å²) >= 11 is 0. The Balaban J connectivity index is 1.47. The van der Waals surface area contributed by atoms with Gasteiger partial charge in [-0.2, -0.15) is 0 Å². The van der Waals surface area contributed by atoms with E-state index in [1.165, 1.54) is 4.31 Å². The second-order valence-corrected chi connectivity index (χ2v) is 11.7. The quantitative estimate of drug-likeness (QED) is 0.301. The Morgan fingerprint density at radius 1 is 0.923 bits per heavy atom. The molecule has 1 fully saturated rings. The van der Waals surface area contributed by atoms with E-state index in [1.807, 2.05) is 0 Å². The van der Waals surface area contributed by atoms with Gasteiger partial charge in [-0.3, -0.25) is 4.31 Å². The van der Waals surface area contributed by atoms with Crippen molar-refractivity contribution < 1.29 is 38.3 Å². The number of aliphatic hydroxyl groups is 2. The van der Waals surface area contributed by atoms with E-state index < -0.39 is 40.2 Å². The van der Waals surface area contributed by atoms with Crippen LogP contribution in [-0.2, 0) is 14.8 Å². The molecule has 1 unspecified atom stereocenters. The van der Waals surface area contributed by atoms with Gasteiger partial charge in [-0.15, -0.1) is 0 Å². The molecule has 2 aliphatic rings. The number of phenols is 2. The van der Waals surface area contributed by atoms with Crippen molar-refractivity contribution in [3.8, 4) is 17.2 Å². The smallest absolute Gasteiger partial charge is 0.241 e. The topological polar surface area (TPSA) is 137 Å². The number of ether oxygens (including phenoxy) is 2. The number of sulfonamides is 1. The van der Waals surface area contributed by atoms with Crippen LogP contribution in [0.2, 0.25) is 0 Å². The zero-order valence-corrected chi connectivity index (χ0v) is 22.2. The van der Waals surface area contributed by atoms with E-state index in [4.69, 9.17) is 14.6 Å². The zero-order valence-electron chi connectivity index (χ0n) is 21.3. The number of hydrogen-bond donors (Lipinski definition) is 4. The maximum atomic E-state index is 14.1. The normalized spacial score (nSPS) is 21.3. The van der Waals surface area contributed by atoms with Gasteiger partial charge < -0.3 is 29.9 Å². The van der Waals surface area contributed by atoms with Gasteiger partial charge in [0.2, 0.25) is 10.0 Å². The molecule has 0 spiro atoms. The zero-order chi connectivity index (χ0) is 27.7. The highest BCUT2D eigenvalue weighted by Gasteiger charge is 2.54. The molecule has 0 radical (unpaired) electrons. The number of fused-ring (bicyclic) bond motifs is 2. The lowest BCUT2D eigenvalue weighted by Gasteiger charge is -2.31. The molecule has 0 aromatic heterocycles. The molecule has 4 N–H and O–H groups in total. The van der Waals surface area contributed by atoms with Crippen LogP contribution in [0.3, 0.4) is 0 Å². The molecular formula is C29H31NO8S. The van der Waals surface area contributed by atoms with Crippen LogP contribution in [-0.4, -0.2) is 72.2 Å². The fourth-order valence-corrected chi connectivity index (χ4v) is 7.30.